The maximum Gasteiger partial charge on any atom is 0.309 e. The van der Waals surface area contributed by atoms with Crippen LogP contribution in [-0.2, 0) is 9.59 Å². The third-order valence-electron chi connectivity index (χ3n) is 7.68. The van der Waals surface area contributed by atoms with Crippen molar-refractivity contribution in [1.82, 2.24) is 4.90 Å². The molecule has 0 spiro atoms. The van der Waals surface area contributed by atoms with Crippen LogP contribution in [0.5, 0.6) is 17.2 Å². The van der Waals surface area contributed by atoms with Crippen molar-refractivity contribution in [2.75, 3.05) is 38.4 Å². The number of carbonyl (C=O) groups excluding carboxylic acids is 1. The van der Waals surface area contributed by atoms with E-state index in [0.29, 0.717) is 35.4 Å². The molecule has 8 nitrogen and oxygen atoms in total. The largest absolute Gasteiger partial charge is 0.497 e. The Labute approximate surface area is 239 Å². The summed E-state index contributed by atoms with van der Waals surface area (Å²) < 4.78 is 16.4. The number of halogens is 1. The number of nitrogens with zero attached hydrogens (tertiary/aromatic N) is 2. The molecule has 1 amide bonds. The van der Waals surface area contributed by atoms with E-state index in [1.165, 1.54) is 0 Å². The number of fused-ring (bicyclic) bond motifs is 1. The molecule has 1 saturated heterocycles. The summed E-state index contributed by atoms with van der Waals surface area (Å²) in [5.41, 5.74) is 2.42. The standard InChI is InChI=1S/C31H33ClN2O6/c1-3-4-15-34(23-10-8-22(32)9-11-23)28(35)18-33-17-25(21-7-14-26-27(16-21)40-19-39-26)29(31(36)37)30(33)20-5-12-24(38-2)13-6-20/h5-14,16,25,29-30H,3-4,15,17-19H2,1-2H3,(H,36,37)/t25-,29+,30-/m1/s1. The van der Waals surface area contributed by atoms with Crippen LogP contribution in [0.4, 0.5) is 5.69 Å². The number of carbonyl (C=O) groups is 2. The molecule has 210 valence electrons. The number of hydrogen-bond acceptors (Lipinski definition) is 6. The molecule has 40 heavy (non-hydrogen) atoms. The number of rotatable bonds is 10. The molecule has 9 heteroatoms. The summed E-state index contributed by atoms with van der Waals surface area (Å²) in [7, 11) is 1.59. The molecule has 0 radical (unpaired) electrons. The van der Waals surface area contributed by atoms with Gasteiger partial charge in [0.05, 0.1) is 19.6 Å². The lowest BCUT2D eigenvalue weighted by Gasteiger charge is -2.30. The number of ether oxygens (including phenoxy) is 3. The fraction of sp³-hybridized carbons (Fsp3) is 0.355. The molecule has 5 rings (SSSR count). The van der Waals surface area contributed by atoms with Gasteiger partial charge in [0.25, 0.3) is 0 Å². The zero-order valence-electron chi connectivity index (χ0n) is 22.6. The Kier molecular flexibility index (Phi) is 8.47. The third kappa shape index (κ3) is 5.74. The summed E-state index contributed by atoms with van der Waals surface area (Å²) in [5.74, 6) is -0.249. The molecule has 1 N–H and O–H groups in total. The molecule has 1 fully saturated rings. The van der Waals surface area contributed by atoms with Gasteiger partial charge in [-0.1, -0.05) is 43.1 Å². The van der Waals surface area contributed by atoms with Crippen LogP contribution >= 0.6 is 11.6 Å². The molecule has 0 saturated carbocycles. The Morgan fingerprint density at radius 1 is 1.02 bits per heavy atom. The van der Waals surface area contributed by atoms with Crippen molar-refractivity contribution < 1.29 is 28.9 Å². The molecule has 2 aliphatic heterocycles. The van der Waals surface area contributed by atoms with E-state index in [9.17, 15) is 14.7 Å². The number of hydrogen-bond donors (Lipinski definition) is 1. The van der Waals surface area contributed by atoms with Crippen molar-refractivity contribution in [2.45, 2.75) is 31.7 Å². The van der Waals surface area contributed by atoms with Crippen molar-refractivity contribution in [3.05, 3.63) is 82.9 Å². The van der Waals surface area contributed by atoms with Gasteiger partial charge in [0.2, 0.25) is 12.7 Å². The van der Waals surface area contributed by atoms with Crippen LogP contribution in [0.1, 0.15) is 42.9 Å². The molecule has 3 atom stereocenters. The predicted octanol–water partition coefficient (Wildman–Crippen LogP) is 5.75. The molecule has 0 unspecified atom stereocenters. The van der Waals surface area contributed by atoms with Gasteiger partial charge in [-0.2, -0.15) is 0 Å². The molecular formula is C31H33ClN2O6. The maximum atomic E-state index is 13.9. The summed E-state index contributed by atoms with van der Waals surface area (Å²) >= 11 is 6.11. The van der Waals surface area contributed by atoms with E-state index in [0.717, 1.165) is 29.7 Å². The van der Waals surface area contributed by atoms with Gasteiger partial charge in [0.15, 0.2) is 11.5 Å². The zero-order valence-corrected chi connectivity index (χ0v) is 23.3. The molecule has 0 aliphatic carbocycles. The summed E-state index contributed by atoms with van der Waals surface area (Å²) in [6.07, 6.45) is 1.77. The van der Waals surface area contributed by atoms with Crippen molar-refractivity contribution >= 4 is 29.2 Å². The average molecular weight is 565 g/mol. The number of aliphatic carboxylic acids is 1. The number of benzene rings is 3. The topological polar surface area (TPSA) is 88.5 Å². The van der Waals surface area contributed by atoms with Gasteiger partial charge in [-0.3, -0.25) is 14.5 Å². The zero-order chi connectivity index (χ0) is 28.2. The summed E-state index contributed by atoms with van der Waals surface area (Å²) in [5, 5.41) is 11.1. The number of amides is 1. The molecule has 2 heterocycles. The highest BCUT2D eigenvalue weighted by Gasteiger charge is 2.48. The number of methoxy groups -OCH3 is 1. The Balaban J connectivity index is 1.50. The van der Waals surface area contributed by atoms with Gasteiger partial charge in [0, 0.05) is 35.8 Å². The third-order valence-corrected chi connectivity index (χ3v) is 7.93. The van der Waals surface area contributed by atoms with E-state index >= 15 is 0 Å². The molecule has 3 aromatic carbocycles. The van der Waals surface area contributed by atoms with Crippen LogP contribution in [0.2, 0.25) is 5.02 Å². The van der Waals surface area contributed by atoms with Crippen LogP contribution in [0.15, 0.2) is 66.7 Å². The van der Waals surface area contributed by atoms with Crippen LogP contribution in [0, 0.1) is 5.92 Å². The Bertz CT molecular complexity index is 1350. The fourth-order valence-corrected chi connectivity index (χ4v) is 5.79. The Morgan fingerprint density at radius 2 is 1.73 bits per heavy atom. The highest BCUT2D eigenvalue weighted by Crippen LogP contribution is 2.48. The Morgan fingerprint density at radius 3 is 2.40 bits per heavy atom. The molecule has 3 aromatic rings. The first-order chi connectivity index (χ1) is 19.4. The molecule has 0 bridgehead atoms. The van der Waals surface area contributed by atoms with E-state index < -0.39 is 17.9 Å². The van der Waals surface area contributed by atoms with Crippen molar-refractivity contribution in [2.24, 2.45) is 5.92 Å². The highest BCUT2D eigenvalue weighted by molar-refractivity contribution is 6.30. The van der Waals surface area contributed by atoms with E-state index in [-0.39, 0.29) is 25.2 Å². The van der Waals surface area contributed by atoms with Crippen LogP contribution < -0.4 is 19.1 Å². The first-order valence-corrected chi connectivity index (χ1v) is 13.8. The lowest BCUT2D eigenvalue weighted by atomic mass is 9.82. The van der Waals surface area contributed by atoms with Crippen molar-refractivity contribution in [3.8, 4) is 17.2 Å². The minimum atomic E-state index is -0.918. The normalized spacial score (nSPS) is 19.9. The summed E-state index contributed by atoms with van der Waals surface area (Å²) in [4.78, 5) is 30.5. The van der Waals surface area contributed by atoms with E-state index in [4.69, 9.17) is 25.8 Å². The van der Waals surface area contributed by atoms with Crippen LogP contribution in [0.3, 0.4) is 0 Å². The van der Waals surface area contributed by atoms with E-state index in [1.54, 1.807) is 24.1 Å². The molecule has 0 aromatic heterocycles. The fourth-order valence-electron chi connectivity index (χ4n) is 5.67. The SMILES string of the molecule is CCCCN(C(=O)CN1C[C@H](c2ccc3c(c2)OCO3)[C@H](C(=O)O)[C@H]1c1ccc(OC)cc1)c1ccc(Cl)cc1. The van der Waals surface area contributed by atoms with Gasteiger partial charge < -0.3 is 24.2 Å². The van der Waals surface area contributed by atoms with Gasteiger partial charge >= 0.3 is 5.97 Å². The quantitative estimate of drug-likeness (QED) is 0.335. The van der Waals surface area contributed by atoms with Crippen LogP contribution in [-0.4, -0.2) is 55.4 Å². The van der Waals surface area contributed by atoms with Crippen LogP contribution in [0.25, 0.3) is 0 Å². The monoisotopic (exact) mass is 564 g/mol. The number of likely N-dealkylation sites (tertiary alicyclic amines) is 1. The molecule has 2 aliphatic rings. The lowest BCUT2D eigenvalue weighted by molar-refractivity contribution is -0.143. The number of carboxylic acids is 1. The Hall–Kier alpha value is -3.75. The first kappa shape index (κ1) is 27.8. The average Bonchev–Trinajstić information content (AvgIpc) is 3.58. The number of anilines is 1. The summed E-state index contributed by atoms with van der Waals surface area (Å²) in [6.45, 7) is 3.23. The second-order valence-corrected chi connectivity index (χ2v) is 10.5. The first-order valence-electron chi connectivity index (χ1n) is 13.5. The lowest BCUT2D eigenvalue weighted by Crippen LogP contribution is -2.41. The summed E-state index contributed by atoms with van der Waals surface area (Å²) in [6, 6.07) is 19.7. The van der Waals surface area contributed by atoms with Gasteiger partial charge in [0.1, 0.15) is 5.75 Å². The minimum absolute atomic E-state index is 0.0634. The second-order valence-electron chi connectivity index (χ2n) is 10.1. The van der Waals surface area contributed by atoms with Gasteiger partial charge in [-0.25, -0.2) is 0 Å². The second kappa shape index (κ2) is 12.2. The van der Waals surface area contributed by atoms with E-state index in [1.807, 2.05) is 59.5 Å². The van der Waals surface area contributed by atoms with E-state index in [2.05, 4.69) is 6.92 Å². The smallest absolute Gasteiger partial charge is 0.309 e. The molecular weight excluding hydrogens is 532 g/mol. The van der Waals surface area contributed by atoms with Crippen molar-refractivity contribution in [1.29, 1.82) is 0 Å². The number of unbranched alkanes of at least 4 members (excludes halogenated alkanes) is 1. The predicted molar refractivity (Wildman–Crippen MR) is 152 cm³/mol. The van der Waals surface area contributed by atoms with Gasteiger partial charge in [-0.15, -0.1) is 0 Å². The minimum Gasteiger partial charge on any atom is -0.497 e. The number of carboxylic acid groups (broad SMARTS) is 1. The maximum absolute atomic E-state index is 13.9. The highest BCUT2D eigenvalue weighted by atomic mass is 35.5. The van der Waals surface area contributed by atoms with Gasteiger partial charge in [-0.05, 0) is 66.1 Å². The van der Waals surface area contributed by atoms with Crippen molar-refractivity contribution in [3.63, 3.8) is 0 Å².